The summed E-state index contributed by atoms with van der Waals surface area (Å²) < 4.78 is 6.93. The van der Waals surface area contributed by atoms with Gasteiger partial charge >= 0.3 is 11.9 Å². The number of pyridine rings is 1. The van der Waals surface area contributed by atoms with Crippen molar-refractivity contribution in [1.29, 1.82) is 0 Å². The third-order valence-electron chi connectivity index (χ3n) is 2.92. The van der Waals surface area contributed by atoms with E-state index in [0.717, 1.165) is 31.4 Å². The summed E-state index contributed by atoms with van der Waals surface area (Å²) in [6.45, 7) is 3.06. The van der Waals surface area contributed by atoms with Crippen LogP contribution < -0.4 is 4.57 Å². The van der Waals surface area contributed by atoms with E-state index in [0.29, 0.717) is 13.0 Å². The zero-order valence-corrected chi connectivity index (χ0v) is 11.9. The molecule has 5 nitrogen and oxygen atoms in total. The lowest BCUT2D eigenvalue weighted by Crippen LogP contribution is -2.32. The number of esters is 1. The minimum absolute atomic E-state index is 0.209. The fraction of sp³-hybridized carbons (Fsp3) is 0.533. The van der Waals surface area contributed by atoms with Gasteiger partial charge in [0.1, 0.15) is 6.54 Å². The van der Waals surface area contributed by atoms with Gasteiger partial charge in [-0.1, -0.05) is 0 Å². The quantitative estimate of drug-likeness (QED) is 0.425. The summed E-state index contributed by atoms with van der Waals surface area (Å²) in [6, 6.07) is 3.82. The molecule has 0 bridgehead atoms. The third kappa shape index (κ3) is 6.87. The number of ether oxygens (including phenoxy) is 1. The lowest BCUT2D eigenvalue weighted by atomic mass is 10.2. The van der Waals surface area contributed by atoms with E-state index in [1.54, 1.807) is 6.92 Å². The van der Waals surface area contributed by atoms with Crippen LogP contribution in [0.25, 0.3) is 0 Å². The van der Waals surface area contributed by atoms with Gasteiger partial charge in [0.15, 0.2) is 12.4 Å². The number of nitrogens with zero attached hydrogens (tertiary/aromatic N) is 1. The Balaban J connectivity index is 2.28. The van der Waals surface area contributed by atoms with Crippen LogP contribution >= 0.6 is 0 Å². The number of unbranched alkanes of at least 4 members (excludes halogenated alkanes) is 2. The van der Waals surface area contributed by atoms with Crippen molar-refractivity contribution in [2.24, 2.45) is 0 Å². The Kier molecular flexibility index (Phi) is 7.32. The predicted molar refractivity (Wildman–Crippen MR) is 73.1 cm³/mol. The first-order valence-electron chi connectivity index (χ1n) is 6.97. The molecule has 0 unspecified atom stereocenters. The highest BCUT2D eigenvalue weighted by Crippen LogP contribution is 2.01. The van der Waals surface area contributed by atoms with E-state index in [2.05, 4.69) is 0 Å². The molecule has 0 saturated carbocycles. The highest BCUT2D eigenvalue weighted by atomic mass is 16.5. The normalized spacial score (nSPS) is 10.2. The summed E-state index contributed by atoms with van der Waals surface area (Å²) in [5.41, 5.74) is 0.936. The minimum Gasteiger partial charge on any atom is -0.481 e. The van der Waals surface area contributed by atoms with Crippen molar-refractivity contribution in [3.8, 4) is 0 Å². The third-order valence-corrected chi connectivity index (χ3v) is 2.92. The Hall–Kier alpha value is -1.91. The molecule has 0 aliphatic rings. The number of aryl methyl sites for hydroxylation is 1. The van der Waals surface area contributed by atoms with Crippen molar-refractivity contribution < 1.29 is 24.0 Å². The van der Waals surface area contributed by atoms with E-state index in [1.807, 2.05) is 29.1 Å². The average Bonchev–Trinajstić information content (AvgIpc) is 2.40. The van der Waals surface area contributed by atoms with Gasteiger partial charge in [0.25, 0.3) is 0 Å². The van der Waals surface area contributed by atoms with Gasteiger partial charge in [0, 0.05) is 25.0 Å². The molecule has 0 spiro atoms. The molecule has 0 aliphatic heterocycles. The molecule has 20 heavy (non-hydrogen) atoms. The fourth-order valence-corrected chi connectivity index (χ4v) is 1.88. The standard InChI is InChI=1S/C15H21NO4/c1-2-20-15(19)12-13-7-10-16(11-8-13)9-5-3-4-6-14(17)18/h7-8,10-11H,2-6,9,12H2,1H3/p+1. The van der Waals surface area contributed by atoms with Crippen molar-refractivity contribution in [2.75, 3.05) is 6.61 Å². The maximum absolute atomic E-state index is 11.3. The van der Waals surface area contributed by atoms with Crippen molar-refractivity contribution in [3.05, 3.63) is 30.1 Å². The molecule has 0 aliphatic carbocycles. The highest BCUT2D eigenvalue weighted by molar-refractivity contribution is 5.72. The number of aromatic nitrogens is 1. The van der Waals surface area contributed by atoms with Crippen LogP contribution in [0.5, 0.6) is 0 Å². The van der Waals surface area contributed by atoms with E-state index in [-0.39, 0.29) is 12.4 Å². The lowest BCUT2D eigenvalue weighted by Gasteiger charge is -2.02. The monoisotopic (exact) mass is 280 g/mol. The lowest BCUT2D eigenvalue weighted by molar-refractivity contribution is -0.697. The molecule has 1 aromatic rings. The van der Waals surface area contributed by atoms with Gasteiger partial charge in [-0.15, -0.1) is 0 Å². The highest BCUT2D eigenvalue weighted by Gasteiger charge is 2.06. The van der Waals surface area contributed by atoms with Crippen LogP contribution in [-0.4, -0.2) is 23.7 Å². The number of carboxylic acids is 1. The van der Waals surface area contributed by atoms with Gasteiger partial charge in [0.05, 0.1) is 13.0 Å². The number of hydrogen-bond acceptors (Lipinski definition) is 3. The second kappa shape index (κ2) is 9.07. The zero-order valence-electron chi connectivity index (χ0n) is 11.9. The summed E-state index contributed by atoms with van der Waals surface area (Å²) in [5, 5.41) is 8.53. The molecule has 0 saturated heterocycles. The Morgan fingerprint density at radius 2 is 1.90 bits per heavy atom. The summed E-state index contributed by atoms with van der Waals surface area (Å²) in [7, 11) is 0. The number of aliphatic carboxylic acids is 1. The molecule has 1 rings (SSSR count). The first-order chi connectivity index (χ1) is 9.61. The molecule has 0 radical (unpaired) electrons. The summed E-state index contributed by atoms with van der Waals surface area (Å²) in [4.78, 5) is 21.7. The molecule has 1 heterocycles. The van der Waals surface area contributed by atoms with Gasteiger partial charge in [-0.25, -0.2) is 4.57 Å². The largest absolute Gasteiger partial charge is 0.481 e. The van der Waals surface area contributed by atoms with Gasteiger partial charge in [-0.05, 0) is 25.3 Å². The Morgan fingerprint density at radius 3 is 2.50 bits per heavy atom. The number of hydrogen-bond donors (Lipinski definition) is 1. The van der Waals surface area contributed by atoms with Gasteiger partial charge in [-0.2, -0.15) is 0 Å². The van der Waals surface area contributed by atoms with Crippen LogP contribution in [0.1, 0.15) is 38.2 Å². The Bertz CT molecular complexity index is 428. The second-order valence-electron chi connectivity index (χ2n) is 4.63. The molecule has 0 amide bonds. The summed E-state index contributed by atoms with van der Waals surface area (Å²) >= 11 is 0. The van der Waals surface area contributed by atoms with Crippen LogP contribution in [0, 0.1) is 0 Å². The van der Waals surface area contributed by atoms with Gasteiger partial charge in [-0.3, -0.25) is 9.59 Å². The van der Waals surface area contributed by atoms with Gasteiger partial charge < -0.3 is 9.84 Å². The number of carboxylic acid groups (broad SMARTS) is 1. The van der Waals surface area contributed by atoms with Crippen molar-refractivity contribution in [3.63, 3.8) is 0 Å². The molecular weight excluding hydrogens is 258 g/mol. The maximum Gasteiger partial charge on any atom is 0.310 e. The van der Waals surface area contributed by atoms with E-state index >= 15 is 0 Å². The summed E-state index contributed by atoms with van der Waals surface area (Å²) in [6.07, 6.45) is 6.99. The first kappa shape index (κ1) is 16.1. The molecule has 0 atom stereocenters. The van der Waals surface area contributed by atoms with Crippen LogP contribution in [0.2, 0.25) is 0 Å². The number of carbonyl (C=O) groups excluding carboxylic acids is 1. The SMILES string of the molecule is CCOC(=O)Cc1cc[n+](CCCCCC(=O)O)cc1. The Labute approximate surface area is 119 Å². The van der Waals surface area contributed by atoms with Crippen LogP contribution in [0.15, 0.2) is 24.5 Å². The smallest absolute Gasteiger partial charge is 0.310 e. The van der Waals surface area contributed by atoms with Gasteiger partial charge in [0.2, 0.25) is 0 Å². The minimum atomic E-state index is -0.735. The maximum atomic E-state index is 11.3. The zero-order chi connectivity index (χ0) is 14.8. The van der Waals surface area contributed by atoms with Crippen molar-refractivity contribution in [1.82, 2.24) is 0 Å². The van der Waals surface area contributed by atoms with Crippen LogP contribution in [-0.2, 0) is 27.3 Å². The van der Waals surface area contributed by atoms with Crippen molar-refractivity contribution in [2.45, 2.75) is 45.6 Å². The topological polar surface area (TPSA) is 67.5 Å². The number of carbonyl (C=O) groups is 2. The van der Waals surface area contributed by atoms with Crippen molar-refractivity contribution >= 4 is 11.9 Å². The number of rotatable bonds is 9. The Morgan fingerprint density at radius 1 is 1.20 bits per heavy atom. The summed E-state index contributed by atoms with van der Waals surface area (Å²) in [5.74, 6) is -0.945. The molecule has 1 N–H and O–H groups in total. The fourth-order valence-electron chi connectivity index (χ4n) is 1.88. The van der Waals surface area contributed by atoms with Crippen LogP contribution in [0.4, 0.5) is 0 Å². The molecule has 1 aromatic heterocycles. The first-order valence-corrected chi connectivity index (χ1v) is 6.97. The van der Waals surface area contributed by atoms with Crippen LogP contribution in [0.3, 0.4) is 0 Å². The van der Waals surface area contributed by atoms with E-state index in [1.165, 1.54) is 0 Å². The molecule has 0 aromatic carbocycles. The molecular formula is C15H22NO4+. The predicted octanol–water partition coefficient (Wildman–Crippen LogP) is 1.72. The van der Waals surface area contributed by atoms with E-state index < -0.39 is 5.97 Å². The molecule has 110 valence electrons. The molecule has 5 heteroatoms. The average molecular weight is 280 g/mol. The molecule has 0 fully saturated rings. The second-order valence-corrected chi connectivity index (χ2v) is 4.63. The van der Waals surface area contributed by atoms with E-state index in [4.69, 9.17) is 9.84 Å². The van der Waals surface area contributed by atoms with E-state index in [9.17, 15) is 9.59 Å².